The lowest BCUT2D eigenvalue weighted by Crippen LogP contribution is -2.38. The molecule has 44 heavy (non-hydrogen) atoms. The van der Waals surface area contributed by atoms with Crippen LogP contribution in [0.15, 0.2) is 106 Å². The van der Waals surface area contributed by atoms with Crippen LogP contribution in [0.5, 0.6) is 17.2 Å². The Hall–Kier alpha value is -4.95. The number of aromatic nitrogens is 1. The average molecular weight is 605 g/mol. The van der Waals surface area contributed by atoms with Gasteiger partial charge in [0.1, 0.15) is 18.2 Å². The molecule has 1 aliphatic carbocycles. The lowest BCUT2D eigenvalue weighted by atomic mass is 9.83. The Kier molecular flexibility index (Phi) is 7.36. The summed E-state index contributed by atoms with van der Waals surface area (Å²) >= 11 is 1.38. The van der Waals surface area contributed by atoms with Gasteiger partial charge in [0.2, 0.25) is 0 Å². The number of ether oxygens (including phenoxy) is 3. The number of thiazole rings is 1. The number of hydrogen-bond acceptors (Lipinski definition) is 6. The Morgan fingerprint density at radius 1 is 0.932 bits per heavy atom. The van der Waals surface area contributed by atoms with Gasteiger partial charge < -0.3 is 14.2 Å². The van der Waals surface area contributed by atoms with Crippen molar-refractivity contribution >= 4 is 23.1 Å². The fraction of sp³-hybridized carbons (Fsp3) is 0.167. The first-order chi connectivity index (χ1) is 21.5. The second kappa shape index (κ2) is 11.6. The fourth-order valence-corrected chi connectivity index (χ4v) is 6.93. The van der Waals surface area contributed by atoms with E-state index in [1.807, 2.05) is 53.1 Å². The summed E-state index contributed by atoms with van der Waals surface area (Å²) in [5.41, 5.74) is 6.64. The molecule has 0 amide bonds. The maximum absolute atomic E-state index is 14.1. The van der Waals surface area contributed by atoms with Crippen LogP contribution in [0, 0.1) is 5.82 Å². The van der Waals surface area contributed by atoms with E-state index in [4.69, 9.17) is 19.2 Å². The van der Waals surface area contributed by atoms with Gasteiger partial charge in [0.15, 0.2) is 16.3 Å². The largest absolute Gasteiger partial charge is 0.497 e. The van der Waals surface area contributed by atoms with Gasteiger partial charge in [-0.05, 0) is 71.5 Å². The third kappa shape index (κ3) is 5.01. The minimum absolute atomic E-state index is 0.0696. The highest BCUT2D eigenvalue weighted by molar-refractivity contribution is 7.07. The van der Waals surface area contributed by atoms with Crippen LogP contribution in [0.2, 0.25) is 0 Å². The van der Waals surface area contributed by atoms with Crippen LogP contribution < -0.4 is 29.1 Å². The molecule has 1 atom stereocenters. The molecule has 2 heterocycles. The molecule has 0 spiro atoms. The van der Waals surface area contributed by atoms with E-state index >= 15 is 0 Å². The van der Waals surface area contributed by atoms with Crippen molar-refractivity contribution in [3.05, 3.63) is 150 Å². The van der Waals surface area contributed by atoms with Crippen molar-refractivity contribution in [2.24, 2.45) is 4.99 Å². The van der Waals surface area contributed by atoms with Gasteiger partial charge in [0.05, 0.1) is 30.5 Å². The van der Waals surface area contributed by atoms with Crippen molar-refractivity contribution < 1.29 is 18.6 Å². The SMILES string of the molecule is COc1ccc([C@H]2C3=C(N=c4s/c(=C\c5ccc(OCc6ccccc6F)c(OC)c5)c(=O)n42)c2ccccc2CC3)cc1. The van der Waals surface area contributed by atoms with E-state index in [1.165, 1.54) is 23.0 Å². The molecular formula is C36H29FN2O4S. The van der Waals surface area contributed by atoms with Crippen molar-refractivity contribution in [3.8, 4) is 17.2 Å². The van der Waals surface area contributed by atoms with Crippen molar-refractivity contribution in [3.63, 3.8) is 0 Å². The molecule has 0 saturated heterocycles. The summed E-state index contributed by atoms with van der Waals surface area (Å²) in [6.45, 7) is 0.0696. The number of rotatable bonds is 7. The zero-order chi connectivity index (χ0) is 30.2. The van der Waals surface area contributed by atoms with Gasteiger partial charge in [-0.25, -0.2) is 9.38 Å². The predicted molar refractivity (Wildman–Crippen MR) is 169 cm³/mol. The summed E-state index contributed by atoms with van der Waals surface area (Å²) < 4.78 is 33.4. The van der Waals surface area contributed by atoms with Crippen LogP contribution in [-0.2, 0) is 13.0 Å². The third-order valence-electron chi connectivity index (χ3n) is 8.13. The monoisotopic (exact) mass is 604 g/mol. The molecule has 1 aromatic heterocycles. The Labute approximate surface area is 257 Å². The summed E-state index contributed by atoms with van der Waals surface area (Å²) in [5.74, 6) is 1.42. The van der Waals surface area contributed by atoms with Crippen molar-refractivity contribution in [2.75, 3.05) is 14.2 Å². The lowest BCUT2D eigenvalue weighted by Gasteiger charge is -2.30. The van der Waals surface area contributed by atoms with Crippen molar-refractivity contribution in [1.29, 1.82) is 0 Å². The highest BCUT2D eigenvalue weighted by atomic mass is 32.1. The van der Waals surface area contributed by atoms with Crippen LogP contribution in [0.25, 0.3) is 11.8 Å². The first kappa shape index (κ1) is 27.9. The molecule has 0 fully saturated rings. The van der Waals surface area contributed by atoms with Gasteiger partial charge in [-0.1, -0.05) is 72.0 Å². The van der Waals surface area contributed by atoms with Gasteiger partial charge in [0.25, 0.3) is 5.56 Å². The van der Waals surface area contributed by atoms with Gasteiger partial charge in [-0.3, -0.25) is 9.36 Å². The summed E-state index contributed by atoms with van der Waals surface area (Å²) in [6.07, 6.45) is 3.57. The number of nitrogens with zero attached hydrogens (tertiary/aromatic N) is 2. The molecule has 2 aliphatic rings. The van der Waals surface area contributed by atoms with Crippen LogP contribution >= 0.6 is 11.3 Å². The van der Waals surface area contributed by atoms with Gasteiger partial charge in [-0.2, -0.15) is 0 Å². The molecule has 220 valence electrons. The normalized spacial score (nSPS) is 15.6. The van der Waals surface area contributed by atoms with Gasteiger partial charge in [0, 0.05) is 11.1 Å². The molecule has 0 N–H and O–H groups in total. The van der Waals surface area contributed by atoms with E-state index < -0.39 is 0 Å². The summed E-state index contributed by atoms with van der Waals surface area (Å²) in [7, 11) is 3.20. The molecule has 1 aliphatic heterocycles. The first-order valence-corrected chi connectivity index (χ1v) is 15.2. The first-order valence-electron chi connectivity index (χ1n) is 14.4. The van der Waals surface area contributed by atoms with Gasteiger partial charge in [-0.15, -0.1) is 0 Å². The highest BCUT2D eigenvalue weighted by Crippen LogP contribution is 2.41. The average Bonchev–Trinajstić information content (AvgIpc) is 3.37. The molecule has 0 bridgehead atoms. The molecule has 5 aromatic rings. The van der Waals surface area contributed by atoms with Crippen LogP contribution in [0.1, 0.15) is 40.3 Å². The van der Waals surface area contributed by atoms with Gasteiger partial charge >= 0.3 is 0 Å². The number of methoxy groups -OCH3 is 2. The fourth-order valence-electron chi connectivity index (χ4n) is 5.92. The molecular weight excluding hydrogens is 575 g/mol. The van der Waals surface area contributed by atoms with E-state index in [1.54, 1.807) is 38.5 Å². The van der Waals surface area contributed by atoms with Crippen molar-refractivity contribution in [2.45, 2.75) is 25.5 Å². The number of hydrogen-bond donors (Lipinski definition) is 0. The minimum atomic E-state index is -0.323. The highest BCUT2D eigenvalue weighted by Gasteiger charge is 2.32. The molecule has 7 rings (SSSR count). The Morgan fingerprint density at radius 2 is 1.73 bits per heavy atom. The zero-order valence-corrected chi connectivity index (χ0v) is 25.1. The second-order valence-electron chi connectivity index (χ2n) is 10.7. The molecule has 0 radical (unpaired) electrons. The van der Waals surface area contributed by atoms with Crippen LogP contribution in [-0.4, -0.2) is 18.8 Å². The number of fused-ring (bicyclic) bond motifs is 3. The Balaban J connectivity index is 1.31. The lowest BCUT2D eigenvalue weighted by molar-refractivity contribution is 0.279. The zero-order valence-electron chi connectivity index (χ0n) is 24.2. The smallest absolute Gasteiger partial charge is 0.271 e. The number of allylic oxidation sites excluding steroid dienone is 1. The minimum Gasteiger partial charge on any atom is -0.497 e. The Bertz CT molecular complexity index is 2100. The van der Waals surface area contributed by atoms with Crippen LogP contribution in [0.4, 0.5) is 4.39 Å². The van der Waals surface area contributed by atoms with Crippen LogP contribution in [0.3, 0.4) is 0 Å². The number of aryl methyl sites for hydroxylation is 1. The van der Waals surface area contributed by atoms with E-state index in [0.717, 1.165) is 46.6 Å². The Morgan fingerprint density at radius 3 is 2.52 bits per heavy atom. The maximum atomic E-state index is 14.1. The quantitative estimate of drug-likeness (QED) is 0.227. The predicted octanol–water partition coefficient (Wildman–Crippen LogP) is 6.05. The molecule has 4 aromatic carbocycles. The summed E-state index contributed by atoms with van der Waals surface area (Å²) in [6, 6.07) is 28.0. The summed E-state index contributed by atoms with van der Waals surface area (Å²) in [4.78, 5) is 19.9. The van der Waals surface area contributed by atoms with E-state index in [-0.39, 0.29) is 24.0 Å². The van der Waals surface area contributed by atoms with E-state index in [2.05, 4.69) is 18.2 Å². The topological polar surface area (TPSA) is 62.0 Å². The number of halogens is 1. The molecule has 8 heteroatoms. The van der Waals surface area contributed by atoms with Crippen molar-refractivity contribution in [1.82, 2.24) is 4.57 Å². The maximum Gasteiger partial charge on any atom is 0.271 e. The number of benzene rings is 4. The second-order valence-corrected chi connectivity index (χ2v) is 11.7. The standard InChI is InChI=1S/C36H29FN2O4S/c1-41-26-15-12-24(13-16-26)34-28-17-14-23-7-3-5-9-27(23)33(28)38-36-39(34)35(40)32(44-36)20-22-11-18-30(31(19-22)42-2)43-21-25-8-4-6-10-29(25)37/h3-13,15-16,18-20,34H,14,17,21H2,1-2H3/b32-20-/t34-/m0/s1. The molecule has 6 nitrogen and oxygen atoms in total. The molecule has 0 saturated carbocycles. The molecule has 0 unspecified atom stereocenters. The third-order valence-corrected chi connectivity index (χ3v) is 9.11. The summed E-state index contributed by atoms with van der Waals surface area (Å²) in [5, 5.41) is 0. The van der Waals surface area contributed by atoms with E-state index in [0.29, 0.717) is 26.4 Å². The van der Waals surface area contributed by atoms with E-state index in [9.17, 15) is 9.18 Å².